The molecular weight excluding hydrogens is 394 g/mol. The first-order chi connectivity index (χ1) is 13.1. The largest absolute Gasteiger partial charge is 0.493 e. The average molecular weight is 422 g/mol. The molecule has 6 heteroatoms. The minimum absolute atomic E-state index is 0.132. The monoisotopic (exact) mass is 421 g/mol. The molecule has 1 aliphatic rings. The van der Waals surface area contributed by atoms with Crippen LogP contribution in [-0.4, -0.2) is 44.8 Å². The van der Waals surface area contributed by atoms with E-state index in [2.05, 4.69) is 24.8 Å². The van der Waals surface area contributed by atoms with E-state index in [0.29, 0.717) is 23.2 Å². The molecular formula is C22H28ClNO3S. The van der Waals surface area contributed by atoms with Crippen molar-refractivity contribution in [2.75, 3.05) is 26.0 Å². The van der Waals surface area contributed by atoms with Gasteiger partial charge in [0.2, 0.25) is 0 Å². The second kappa shape index (κ2) is 8.44. The topological polar surface area (TPSA) is 46.6 Å². The van der Waals surface area contributed by atoms with Gasteiger partial charge < -0.3 is 4.74 Å². The van der Waals surface area contributed by atoms with E-state index in [1.807, 2.05) is 18.2 Å². The van der Waals surface area contributed by atoms with Crippen molar-refractivity contribution in [3.05, 3.63) is 59.1 Å². The van der Waals surface area contributed by atoms with Crippen LogP contribution in [0.4, 0.5) is 0 Å². The molecule has 0 spiro atoms. The fourth-order valence-corrected chi connectivity index (χ4v) is 4.76. The second-order valence-corrected chi connectivity index (χ2v) is 10.7. The van der Waals surface area contributed by atoms with Gasteiger partial charge in [0.05, 0.1) is 11.5 Å². The van der Waals surface area contributed by atoms with E-state index in [-0.39, 0.29) is 5.54 Å². The highest BCUT2D eigenvalue weighted by Crippen LogP contribution is 2.33. The van der Waals surface area contributed by atoms with Crippen molar-refractivity contribution < 1.29 is 13.2 Å². The number of benzene rings is 2. The molecule has 152 valence electrons. The molecule has 1 atom stereocenters. The Morgan fingerprint density at radius 1 is 1.18 bits per heavy atom. The predicted molar refractivity (Wildman–Crippen MR) is 114 cm³/mol. The van der Waals surface area contributed by atoms with E-state index >= 15 is 0 Å². The van der Waals surface area contributed by atoms with Gasteiger partial charge in [0, 0.05) is 35.8 Å². The minimum Gasteiger partial charge on any atom is -0.493 e. The van der Waals surface area contributed by atoms with E-state index < -0.39 is 9.84 Å². The maximum absolute atomic E-state index is 11.5. The Bertz CT molecular complexity index is 910. The first-order valence-electron chi connectivity index (χ1n) is 9.56. The summed E-state index contributed by atoms with van der Waals surface area (Å²) < 4.78 is 29.0. The maximum atomic E-state index is 11.5. The summed E-state index contributed by atoms with van der Waals surface area (Å²) in [6.45, 7) is 7.19. The molecule has 1 saturated heterocycles. The van der Waals surface area contributed by atoms with Gasteiger partial charge in [0.15, 0.2) is 9.84 Å². The smallest absolute Gasteiger partial charge is 0.175 e. The van der Waals surface area contributed by atoms with Crippen LogP contribution in [0.1, 0.15) is 25.8 Å². The first-order valence-corrected chi connectivity index (χ1v) is 11.8. The van der Waals surface area contributed by atoms with Crippen LogP contribution in [0.25, 0.3) is 0 Å². The molecule has 3 rings (SSSR count). The van der Waals surface area contributed by atoms with E-state index in [0.717, 1.165) is 31.0 Å². The zero-order valence-corrected chi connectivity index (χ0v) is 18.3. The van der Waals surface area contributed by atoms with Gasteiger partial charge in [-0.3, -0.25) is 4.90 Å². The molecule has 0 aromatic heterocycles. The Balaban J connectivity index is 1.53. The van der Waals surface area contributed by atoms with Crippen LogP contribution in [0.5, 0.6) is 5.75 Å². The number of sulfone groups is 1. The van der Waals surface area contributed by atoms with Crippen LogP contribution in [0.2, 0.25) is 5.02 Å². The average Bonchev–Trinajstić information content (AvgIpc) is 2.91. The van der Waals surface area contributed by atoms with Crippen molar-refractivity contribution in [3.8, 4) is 5.75 Å². The van der Waals surface area contributed by atoms with Crippen molar-refractivity contribution in [3.63, 3.8) is 0 Å². The van der Waals surface area contributed by atoms with Gasteiger partial charge in [-0.05, 0) is 68.7 Å². The summed E-state index contributed by atoms with van der Waals surface area (Å²) >= 11 is 6.09. The summed E-state index contributed by atoms with van der Waals surface area (Å²) in [5.74, 6) is 1.16. The lowest BCUT2D eigenvalue weighted by atomic mass is 9.97. The molecule has 1 heterocycles. The van der Waals surface area contributed by atoms with Crippen molar-refractivity contribution in [2.24, 2.45) is 5.92 Å². The Hall–Kier alpha value is -1.56. The van der Waals surface area contributed by atoms with Gasteiger partial charge in [-0.25, -0.2) is 8.42 Å². The number of halogens is 1. The highest BCUT2D eigenvalue weighted by Gasteiger charge is 2.38. The van der Waals surface area contributed by atoms with Gasteiger partial charge in [0.25, 0.3) is 0 Å². The number of nitrogens with zero attached hydrogens (tertiary/aromatic N) is 1. The lowest BCUT2D eigenvalue weighted by Crippen LogP contribution is -2.39. The predicted octanol–water partition coefficient (Wildman–Crippen LogP) is 4.47. The maximum Gasteiger partial charge on any atom is 0.175 e. The molecule has 2 aromatic carbocycles. The van der Waals surface area contributed by atoms with Gasteiger partial charge in [-0.1, -0.05) is 23.7 Å². The number of rotatable bonds is 7. The van der Waals surface area contributed by atoms with Crippen molar-refractivity contribution in [2.45, 2.75) is 37.1 Å². The molecule has 1 fully saturated rings. The van der Waals surface area contributed by atoms with E-state index in [1.54, 1.807) is 24.3 Å². The number of hydrogen-bond donors (Lipinski definition) is 0. The van der Waals surface area contributed by atoms with Crippen LogP contribution in [0, 0.1) is 5.92 Å². The van der Waals surface area contributed by atoms with Crippen LogP contribution < -0.4 is 4.74 Å². The summed E-state index contributed by atoms with van der Waals surface area (Å²) in [7, 11) is -3.18. The van der Waals surface area contributed by atoms with Crippen LogP contribution >= 0.6 is 11.6 Å². The van der Waals surface area contributed by atoms with Crippen molar-refractivity contribution in [1.82, 2.24) is 4.90 Å². The molecule has 28 heavy (non-hydrogen) atoms. The van der Waals surface area contributed by atoms with Gasteiger partial charge in [0.1, 0.15) is 5.75 Å². The third-order valence-corrected chi connectivity index (χ3v) is 6.78. The highest BCUT2D eigenvalue weighted by molar-refractivity contribution is 7.90. The summed E-state index contributed by atoms with van der Waals surface area (Å²) in [4.78, 5) is 2.84. The first kappa shape index (κ1) is 21.2. The molecule has 4 nitrogen and oxygen atoms in total. The summed E-state index contributed by atoms with van der Waals surface area (Å²) in [5.41, 5.74) is 1.39. The SMILES string of the molecule is CC1(C)C[C@@H](COc2ccc(S(C)(=O)=O)cc2)CN1CCc1cccc(Cl)c1. The zero-order chi connectivity index (χ0) is 20.4. The molecule has 0 radical (unpaired) electrons. The summed E-state index contributed by atoms with van der Waals surface area (Å²) in [6, 6.07) is 14.7. The fourth-order valence-electron chi connectivity index (χ4n) is 3.92. The van der Waals surface area contributed by atoms with Gasteiger partial charge in [-0.2, -0.15) is 0 Å². The Morgan fingerprint density at radius 2 is 1.89 bits per heavy atom. The van der Waals surface area contributed by atoms with E-state index in [1.165, 1.54) is 11.8 Å². The van der Waals surface area contributed by atoms with Crippen LogP contribution in [0.3, 0.4) is 0 Å². The Morgan fingerprint density at radius 3 is 2.54 bits per heavy atom. The molecule has 0 aliphatic carbocycles. The minimum atomic E-state index is -3.18. The number of hydrogen-bond acceptors (Lipinski definition) is 4. The molecule has 0 amide bonds. The van der Waals surface area contributed by atoms with E-state index in [9.17, 15) is 8.42 Å². The Kier molecular flexibility index (Phi) is 6.37. The van der Waals surface area contributed by atoms with Crippen molar-refractivity contribution >= 4 is 21.4 Å². The van der Waals surface area contributed by atoms with Crippen molar-refractivity contribution in [1.29, 1.82) is 0 Å². The lowest BCUT2D eigenvalue weighted by molar-refractivity contribution is 0.175. The molecule has 0 saturated carbocycles. The number of ether oxygens (including phenoxy) is 1. The lowest BCUT2D eigenvalue weighted by Gasteiger charge is -2.31. The molecule has 2 aromatic rings. The second-order valence-electron chi connectivity index (χ2n) is 8.26. The molecule has 1 aliphatic heterocycles. The highest BCUT2D eigenvalue weighted by atomic mass is 35.5. The van der Waals surface area contributed by atoms with Crippen LogP contribution in [0.15, 0.2) is 53.4 Å². The number of likely N-dealkylation sites (tertiary alicyclic amines) is 1. The van der Waals surface area contributed by atoms with Gasteiger partial charge in [-0.15, -0.1) is 0 Å². The third-order valence-electron chi connectivity index (χ3n) is 5.42. The summed E-state index contributed by atoms with van der Waals surface area (Å²) in [6.07, 6.45) is 3.26. The Labute approximate surface area is 173 Å². The third kappa shape index (κ3) is 5.49. The quantitative estimate of drug-likeness (QED) is 0.661. The standard InChI is InChI=1S/C22H28ClNO3S/c1-22(2)14-18(15-24(22)12-11-17-5-4-6-19(23)13-17)16-27-20-7-9-21(10-8-20)28(3,25)26/h4-10,13,18H,11-12,14-16H2,1-3H3/t18-/m1/s1. The van der Waals surface area contributed by atoms with Crippen LogP contribution in [-0.2, 0) is 16.3 Å². The summed E-state index contributed by atoms with van der Waals surface area (Å²) in [5, 5.41) is 0.784. The molecule has 0 unspecified atom stereocenters. The zero-order valence-electron chi connectivity index (χ0n) is 16.7. The van der Waals surface area contributed by atoms with Gasteiger partial charge >= 0.3 is 0 Å². The van der Waals surface area contributed by atoms with E-state index in [4.69, 9.17) is 16.3 Å². The fraction of sp³-hybridized carbons (Fsp3) is 0.455. The molecule has 0 N–H and O–H groups in total. The normalized spacial score (nSPS) is 19.6. The molecule has 0 bridgehead atoms.